The summed E-state index contributed by atoms with van der Waals surface area (Å²) in [6, 6.07) is 16.7. The lowest BCUT2D eigenvalue weighted by Crippen LogP contribution is -2.39. The van der Waals surface area contributed by atoms with Crippen LogP contribution in [0.25, 0.3) is 10.9 Å². The molecule has 2 heterocycles. The third-order valence-corrected chi connectivity index (χ3v) is 5.64. The van der Waals surface area contributed by atoms with Gasteiger partial charge in [-0.3, -0.25) is 9.69 Å². The van der Waals surface area contributed by atoms with Crippen LogP contribution in [0, 0.1) is 11.7 Å². The Morgan fingerprint density at radius 1 is 1.14 bits per heavy atom. The lowest BCUT2D eigenvalue weighted by Gasteiger charge is -2.33. The first-order valence-corrected chi connectivity index (χ1v) is 9.88. The van der Waals surface area contributed by atoms with E-state index in [-0.39, 0.29) is 11.7 Å². The van der Waals surface area contributed by atoms with Crippen LogP contribution in [0.5, 0.6) is 0 Å². The predicted molar refractivity (Wildman–Crippen MR) is 110 cm³/mol. The highest BCUT2D eigenvalue weighted by atomic mass is 19.1. The Balaban J connectivity index is 1.29. The fourth-order valence-corrected chi connectivity index (χ4v) is 4.09. The number of piperidine rings is 1. The Kier molecular flexibility index (Phi) is 5.44. The molecule has 0 radical (unpaired) electrons. The summed E-state index contributed by atoms with van der Waals surface area (Å²) < 4.78 is 13.4. The lowest BCUT2D eigenvalue weighted by molar-refractivity contribution is 0.0733. The Hall–Kier alpha value is -2.66. The number of aromatic amines is 1. The second-order valence-corrected chi connectivity index (χ2v) is 7.81. The van der Waals surface area contributed by atoms with Crippen LogP contribution in [0.3, 0.4) is 0 Å². The third-order valence-electron chi connectivity index (χ3n) is 5.64. The largest absolute Gasteiger partial charge is 0.351 e. The number of carbonyl (C=O) groups is 1. The number of likely N-dealkylation sites (tertiary alicyclic amines) is 1. The minimum atomic E-state index is -0.176. The van der Waals surface area contributed by atoms with E-state index in [0.29, 0.717) is 11.6 Å². The average Bonchev–Trinajstić information content (AvgIpc) is 3.13. The molecule has 1 amide bonds. The Labute approximate surface area is 165 Å². The molecule has 146 valence electrons. The van der Waals surface area contributed by atoms with E-state index in [9.17, 15) is 9.18 Å². The minimum Gasteiger partial charge on any atom is -0.351 e. The van der Waals surface area contributed by atoms with Gasteiger partial charge >= 0.3 is 0 Å². The maximum atomic E-state index is 13.4. The molecule has 5 heteroatoms. The fourth-order valence-electron chi connectivity index (χ4n) is 4.09. The summed E-state index contributed by atoms with van der Waals surface area (Å²) in [4.78, 5) is 20.2. The number of aromatic nitrogens is 1. The number of amides is 1. The van der Waals surface area contributed by atoms with E-state index in [1.54, 1.807) is 12.1 Å². The quantitative estimate of drug-likeness (QED) is 0.718. The second-order valence-electron chi connectivity index (χ2n) is 7.81. The monoisotopic (exact) mass is 379 g/mol. The first-order valence-electron chi connectivity index (χ1n) is 9.88. The molecule has 1 fully saturated rings. The maximum Gasteiger partial charge on any atom is 0.270 e. The number of para-hydroxylation sites is 1. The van der Waals surface area contributed by atoms with Crippen molar-refractivity contribution in [3.05, 3.63) is 71.7 Å². The molecule has 4 rings (SSSR count). The van der Waals surface area contributed by atoms with Crippen molar-refractivity contribution >= 4 is 16.8 Å². The van der Waals surface area contributed by atoms with Crippen molar-refractivity contribution < 1.29 is 9.18 Å². The first-order chi connectivity index (χ1) is 13.6. The van der Waals surface area contributed by atoms with Crippen LogP contribution in [0.1, 0.15) is 28.9 Å². The number of carbonyl (C=O) groups excluding carboxylic acids is 1. The minimum absolute atomic E-state index is 0.0402. The molecule has 1 aliphatic rings. The number of hydrogen-bond donors (Lipinski definition) is 1. The van der Waals surface area contributed by atoms with Gasteiger partial charge in [-0.05, 0) is 61.7 Å². The van der Waals surface area contributed by atoms with E-state index in [2.05, 4.69) is 9.88 Å². The second kappa shape index (κ2) is 8.15. The average molecular weight is 379 g/mol. The van der Waals surface area contributed by atoms with E-state index in [1.807, 2.05) is 48.3 Å². The Morgan fingerprint density at radius 2 is 1.93 bits per heavy atom. The van der Waals surface area contributed by atoms with Gasteiger partial charge in [-0.1, -0.05) is 30.3 Å². The van der Waals surface area contributed by atoms with Gasteiger partial charge in [-0.25, -0.2) is 4.39 Å². The van der Waals surface area contributed by atoms with Gasteiger partial charge < -0.3 is 9.88 Å². The molecule has 28 heavy (non-hydrogen) atoms. The van der Waals surface area contributed by atoms with E-state index in [0.717, 1.165) is 55.5 Å². The molecular formula is C23H26FN3O. The Bertz CT molecular complexity index is 926. The number of halogens is 1. The number of nitrogens with zero attached hydrogens (tertiary/aromatic N) is 2. The zero-order valence-electron chi connectivity index (χ0n) is 16.2. The zero-order chi connectivity index (χ0) is 19.5. The summed E-state index contributed by atoms with van der Waals surface area (Å²) in [5.41, 5.74) is 2.65. The van der Waals surface area contributed by atoms with Crippen molar-refractivity contribution in [1.29, 1.82) is 0 Å². The molecule has 1 saturated heterocycles. The fraction of sp³-hybridized carbons (Fsp3) is 0.348. The standard InChI is InChI=1S/C23H26FN3O/c1-26(23(28)22-14-19-6-2-3-8-21(19)25-22)15-17-9-11-27(12-10-17)16-18-5-4-7-20(24)13-18/h2-8,13-14,17,25H,9-12,15-16H2,1H3. The number of rotatable bonds is 5. The van der Waals surface area contributed by atoms with Crippen molar-refractivity contribution in [3.63, 3.8) is 0 Å². The molecule has 3 aromatic rings. The van der Waals surface area contributed by atoms with E-state index in [1.165, 1.54) is 6.07 Å². The molecule has 1 aliphatic heterocycles. The van der Waals surface area contributed by atoms with Crippen molar-refractivity contribution in [1.82, 2.24) is 14.8 Å². The molecule has 1 N–H and O–H groups in total. The number of nitrogens with one attached hydrogen (secondary N) is 1. The van der Waals surface area contributed by atoms with Gasteiger partial charge in [0.15, 0.2) is 0 Å². The highest BCUT2D eigenvalue weighted by Gasteiger charge is 2.23. The van der Waals surface area contributed by atoms with Gasteiger partial charge in [0.2, 0.25) is 0 Å². The van der Waals surface area contributed by atoms with E-state index >= 15 is 0 Å². The number of hydrogen-bond acceptors (Lipinski definition) is 2. The number of fused-ring (bicyclic) bond motifs is 1. The number of benzene rings is 2. The molecule has 0 spiro atoms. The van der Waals surface area contributed by atoms with Gasteiger partial charge in [-0.2, -0.15) is 0 Å². The molecule has 0 saturated carbocycles. The van der Waals surface area contributed by atoms with Crippen LogP contribution < -0.4 is 0 Å². The van der Waals surface area contributed by atoms with Crippen molar-refractivity contribution in [2.45, 2.75) is 19.4 Å². The summed E-state index contributed by atoms with van der Waals surface area (Å²) >= 11 is 0. The summed E-state index contributed by atoms with van der Waals surface area (Å²) in [5.74, 6) is 0.366. The third kappa shape index (κ3) is 4.25. The molecule has 2 aromatic carbocycles. The summed E-state index contributed by atoms with van der Waals surface area (Å²) in [6.45, 7) is 3.52. The molecular weight excluding hydrogens is 353 g/mol. The molecule has 0 bridgehead atoms. The highest BCUT2D eigenvalue weighted by molar-refractivity contribution is 5.97. The normalized spacial score (nSPS) is 15.8. The maximum absolute atomic E-state index is 13.4. The summed E-state index contributed by atoms with van der Waals surface area (Å²) in [5, 5.41) is 1.06. The lowest BCUT2D eigenvalue weighted by atomic mass is 9.96. The SMILES string of the molecule is CN(CC1CCN(Cc2cccc(F)c2)CC1)C(=O)c1cc2ccccc2[nH]1. The van der Waals surface area contributed by atoms with Gasteiger partial charge in [0.1, 0.15) is 11.5 Å². The zero-order valence-corrected chi connectivity index (χ0v) is 16.2. The van der Waals surface area contributed by atoms with Crippen LogP contribution in [-0.2, 0) is 6.54 Å². The van der Waals surface area contributed by atoms with Gasteiger partial charge in [0.25, 0.3) is 5.91 Å². The topological polar surface area (TPSA) is 39.3 Å². The Morgan fingerprint density at radius 3 is 2.68 bits per heavy atom. The van der Waals surface area contributed by atoms with Crippen LogP contribution >= 0.6 is 0 Å². The van der Waals surface area contributed by atoms with Crippen LogP contribution in [0.4, 0.5) is 4.39 Å². The molecule has 0 aliphatic carbocycles. The molecule has 0 atom stereocenters. The van der Waals surface area contributed by atoms with Crippen molar-refractivity contribution in [2.75, 3.05) is 26.7 Å². The summed E-state index contributed by atoms with van der Waals surface area (Å²) in [7, 11) is 1.88. The first kappa shape index (κ1) is 18.7. The molecule has 4 nitrogen and oxygen atoms in total. The van der Waals surface area contributed by atoms with E-state index < -0.39 is 0 Å². The molecule has 1 aromatic heterocycles. The smallest absolute Gasteiger partial charge is 0.270 e. The van der Waals surface area contributed by atoms with Crippen LogP contribution in [0.15, 0.2) is 54.6 Å². The van der Waals surface area contributed by atoms with Crippen molar-refractivity contribution in [3.8, 4) is 0 Å². The van der Waals surface area contributed by atoms with Gasteiger partial charge in [0.05, 0.1) is 0 Å². The van der Waals surface area contributed by atoms with Crippen LogP contribution in [-0.4, -0.2) is 47.4 Å². The molecule has 0 unspecified atom stereocenters. The predicted octanol–water partition coefficient (Wildman–Crippen LogP) is 4.29. The van der Waals surface area contributed by atoms with Gasteiger partial charge in [0, 0.05) is 31.0 Å². The van der Waals surface area contributed by atoms with Gasteiger partial charge in [-0.15, -0.1) is 0 Å². The van der Waals surface area contributed by atoms with Crippen LogP contribution in [0.2, 0.25) is 0 Å². The number of H-pyrrole nitrogens is 1. The summed E-state index contributed by atoms with van der Waals surface area (Å²) in [6.07, 6.45) is 2.11. The van der Waals surface area contributed by atoms with E-state index in [4.69, 9.17) is 0 Å². The van der Waals surface area contributed by atoms with Crippen molar-refractivity contribution in [2.24, 2.45) is 5.92 Å². The highest BCUT2D eigenvalue weighted by Crippen LogP contribution is 2.21.